The number of carboxylic acid groups (broad SMARTS) is 1. The molecule has 2 amide bonds. The first-order valence-electron chi connectivity index (χ1n) is 5.22. The number of benzene rings is 1. The van der Waals surface area contributed by atoms with Gasteiger partial charge in [-0.05, 0) is 18.2 Å². The van der Waals surface area contributed by atoms with Crippen molar-refractivity contribution >= 4 is 17.7 Å². The highest BCUT2D eigenvalue weighted by atomic mass is 19.4. The fourth-order valence-electron chi connectivity index (χ4n) is 1.36. The maximum Gasteiger partial charge on any atom is 0.406 e. The predicted octanol–water partition coefficient (Wildman–Crippen LogP) is 2.55. The first-order valence-corrected chi connectivity index (χ1v) is 5.22. The van der Waals surface area contributed by atoms with E-state index < -0.39 is 41.8 Å². The standard InChI is InChI=1S/C11H10F4N2O3/c1-17(5-11(13,14)15)10(20)16-8-4-6(12)2-3-7(8)9(18)19/h2-4H,5H2,1H3,(H,16,20)(H,18,19). The van der Waals surface area contributed by atoms with Crippen molar-refractivity contribution in [3.8, 4) is 0 Å². The third-order valence-corrected chi connectivity index (χ3v) is 2.22. The quantitative estimate of drug-likeness (QED) is 0.842. The van der Waals surface area contributed by atoms with Crippen LogP contribution in [0.5, 0.6) is 0 Å². The molecule has 0 aliphatic rings. The zero-order chi connectivity index (χ0) is 15.5. The molecule has 5 nitrogen and oxygen atoms in total. The number of anilines is 1. The Morgan fingerprint density at radius 3 is 2.45 bits per heavy atom. The molecule has 0 bridgehead atoms. The summed E-state index contributed by atoms with van der Waals surface area (Å²) in [6.07, 6.45) is -4.59. The van der Waals surface area contributed by atoms with Crippen molar-refractivity contribution in [2.45, 2.75) is 6.18 Å². The van der Waals surface area contributed by atoms with Gasteiger partial charge in [-0.3, -0.25) is 0 Å². The molecule has 0 saturated heterocycles. The molecular formula is C11H10F4N2O3. The van der Waals surface area contributed by atoms with Gasteiger partial charge in [0.25, 0.3) is 0 Å². The lowest BCUT2D eigenvalue weighted by Gasteiger charge is -2.20. The molecule has 110 valence electrons. The molecule has 9 heteroatoms. The first kappa shape index (κ1) is 15.7. The summed E-state index contributed by atoms with van der Waals surface area (Å²) < 4.78 is 49.3. The van der Waals surface area contributed by atoms with E-state index in [1.807, 2.05) is 5.32 Å². The Balaban J connectivity index is 2.90. The number of rotatable bonds is 3. The molecule has 0 spiro atoms. The lowest BCUT2D eigenvalue weighted by atomic mass is 10.2. The van der Waals surface area contributed by atoms with E-state index in [-0.39, 0.29) is 0 Å². The van der Waals surface area contributed by atoms with Gasteiger partial charge in [0.2, 0.25) is 0 Å². The molecule has 0 aliphatic heterocycles. The third kappa shape index (κ3) is 4.41. The SMILES string of the molecule is CN(CC(F)(F)F)C(=O)Nc1cc(F)ccc1C(=O)O. The fraction of sp³-hybridized carbons (Fsp3) is 0.273. The van der Waals surface area contributed by atoms with Crippen LogP contribution in [0.1, 0.15) is 10.4 Å². The number of nitrogens with one attached hydrogen (secondary N) is 1. The Morgan fingerprint density at radius 1 is 1.35 bits per heavy atom. The second-order valence-electron chi connectivity index (χ2n) is 3.90. The second-order valence-corrected chi connectivity index (χ2v) is 3.90. The van der Waals surface area contributed by atoms with Crippen LogP contribution in [0.25, 0.3) is 0 Å². The van der Waals surface area contributed by atoms with Gasteiger partial charge < -0.3 is 15.3 Å². The maximum absolute atomic E-state index is 13.0. The smallest absolute Gasteiger partial charge is 0.406 e. The Bertz CT molecular complexity index is 531. The van der Waals surface area contributed by atoms with Crippen LogP contribution in [0.4, 0.5) is 28.0 Å². The molecule has 0 radical (unpaired) electrons. The summed E-state index contributed by atoms with van der Waals surface area (Å²) in [4.78, 5) is 22.6. The number of carboxylic acids is 1. The third-order valence-electron chi connectivity index (χ3n) is 2.22. The number of halogens is 4. The monoisotopic (exact) mass is 294 g/mol. The summed E-state index contributed by atoms with van der Waals surface area (Å²) in [6.45, 7) is -1.52. The molecule has 20 heavy (non-hydrogen) atoms. The Kier molecular flexibility index (Phi) is 4.53. The molecule has 2 N–H and O–H groups in total. The van der Waals surface area contributed by atoms with Crippen molar-refractivity contribution in [2.24, 2.45) is 0 Å². The number of urea groups is 1. The Labute approximate surface area is 110 Å². The molecule has 0 heterocycles. The van der Waals surface area contributed by atoms with E-state index in [0.29, 0.717) is 11.0 Å². The van der Waals surface area contributed by atoms with Crippen LogP contribution >= 0.6 is 0 Å². The van der Waals surface area contributed by atoms with Crippen molar-refractivity contribution in [3.05, 3.63) is 29.6 Å². The van der Waals surface area contributed by atoms with Crippen LogP contribution in [0.2, 0.25) is 0 Å². The number of hydrogen-bond donors (Lipinski definition) is 2. The van der Waals surface area contributed by atoms with E-state index in [2.05, 4.69) is 0 Å². The molecule has 0 unspecified atom stereocenters. The number of carbonyl (C=O) groups is 2. The van der Waals surface area contributed by atoms with Crippen molar-refractivity contribution in [1.82, 2.24) is 4.90 Å². The summed E-state index contributed by atoms with van der Waals surface area (Å²) in [7, 11) is 0.878. The zero-order valence-corrected chi connectivity index (χ0v) is 10.2. The van der Waals surface area contributed by atoms with Crippen molar-refractivity contribution in [2.75, 3.05) is 18.9 Å². The molecule has 1 rings (SSSR count). The largest absolute Gasteiger partial charge is 0.478 e. The maximum atomic E-state index is 13.0. The van der Waals surface area contributed by atoms with Gasteiger partial charge in [-0.2, -0.15) is 13.2 Å². The van der Waals surface area contributed by atoms with Crippen molar-refractivity contribution in [3.63, 3.8) is 0 Å². The number of nitrogens with zero attached hydrogens (tertiary/aromatic N) is 1. The van der Waals surface area contributed by atoms with E-state index in [0.717, 1.165) is 19.2 Å². The molecule has 0 aliphatic carbocycles. The van der Waals surface area contributed by atoms with Crippen LogP contribution < -0.4 is 5.32 Å². The molecular weight excluding hydrogens is 284 g/mol. The van der Waals surface area contributed by atoms with Gasteiger partial charge in [-0.1, -0.05) is 0 Å². The molecule has 0 saturated carbocycles. The Hall–Kier alpha value is -2.32. The highest BCUT2D eigenvalue weighted by Crippen LogP contribution is 2.19. The lowest BCUT2D eigenvalue weighted by molar-refractivity contribution is -0.137. The summed E-state index contributed by atoms with van der Waals surface area (Å²) in [5.41, 5.74) is -0.850. The average molecular weight is 294 g/mol. The van der Waals surface area contributed by atoms with Crippen LogP contribution in [-0.4, -0.2) is 41.8 Å². The summed E-state index contributed by atoms with van der Waals surface area (Å²) in [6, 6.07) is 1.27. The van der Waals surface area contributed by atoms with Crippen molar-refractivity contribution in [1.29, 1.82) is 0 Å². The molecule has 0 fully saturated rings. The van der Waals surface area contributed by atoms with E-state index >= 15 is 0 Å². The average Bonchev–Trinajstić information content (AvgIpc) is 2.26. The van der Waals surface area contributed by atoms with Crippen LogP contribution in [-0.2, 0) is 0 Å². The summed E-state index contributed by atoms with van der Waals surface area (Å²) in [5.74, 6) is -2.28. The van der Waals surface area contributed by atoms with E-state index in [9.17, 15) is 27.2 Å². The van der Waals surface area contributed by atoms with Gasteiger partial charge in [-0.15, -0.1) is 0 Å². The number of alkyl halides is 3. The minimum absolute atomic E-state index is 0.302. The topological polar surface area (TPSA) is 69.6 Å². The first-order chi connectivity index (χ1) is 9.10. The number of amides is 2. The fourth-order valence-corrected chi connectivity index (χ4v) is 1.36. The van der Waals surface area contributed by atoms with Crippen molar-refractivity contribution < 1.29 is 32.3 Å². The normalized spacial score (nSPS) is 11.1. The highest BCUT2D eigenvalue weighted by molar-refractivity contribution is 5.99. The predicted molar refractivity (Wildman–Crippen MR) is 61.1 cm³/mol. The lowest BCUT2D eigenvalue weighted by Crippen LogP contribution is -2.38. The number of carbonyl (C=O) groups excluding carboxylic acids is 1. The van der Waals surface area contributed by atoms with Crippen LogP contribution in [0.3, 0.4) is 0 Å². The van der Waals surface area contributed by atoms with E-state index in [1.165, 1.54) is 0 Å². The molecule has 0 aromatic heterocycles. The van der Waals surface area contributed by atoms with Crippen LogP contribution in [0.15, 0.2) is 18.2 Å². The van der Waals surface area contributed by atoms with Crippen LogP contribution in [0, 0.1) is 5.82 Å². The zero-order valence-electron chi connectivity index (χ0n) is 10.2. The number of aromatic carboxylic acids is 1. The van der Waals surface area contributed by atoms with Gasteiger partial charge >= 0.3 is 18.2 Å². The van der Waals surface area contributed by atoms with E-state index in [4.69, 9.17) is 5.11 Å². The number of hydrogen-bond acceptors (Lipinski definition) is 2. The van der Waals surface area contributed by atoms with Gasteiger partial charge in [-0.25, -0.2) is 14.0 Å². The van der Waals surface area contributed by atoms with Gasteiger partial charge in [0.1, 0.15) is 12.4 Å². The molecule has 1 aromatic carbocycles. The summed E-state index contributed by atoms with van der Waals surface area (Å²) in [5, 5.41) is 10.7. The minimum Gasteiger partial charge on any atom is -0.478 e. The second kappa shape index (κ2) is 5.76. The summed E-state index contributed by atoms with van der Waals surface area (Å²) >= 11 is 0. The van der Waals surface area contributed by atoms with Gasteiger partial charge in [0, 0.05) is 7.05 Å². The minimum atomic E-state index is -4.59. The van der Waals surface area contributed by atoms with E-state index in [1.54, 1.807) is 0 Å². The highest BCUT2D eigenvalue weighted by Gasteiger charge is 2.31. The Morgan fingerprint density at radius 2 is 1.95 bits per heavy atom. The molecule has 1 aromatic rings. The van der Waals surface area contributed by atoms with Gasteiger partial charge in [0.05, 0.1) is 11.3 Å². The molecule has 0 atom stereocenters. The van der Waals surface area contributed by atoms with Gasteiger partial charge in [0.15, 0.2) is 0 Å².